The van der Waals surface area contributed by atoms with Crippen LogP contribution in [0.5, 0.6) is 0 Å². The molecule has 15 heavy (non-hydrogen) atoms. The molecule has 0 aliphatic rings. The van der Waals surface area contributed by atoms with Gasteiger partial charge in [0.1, 0.15) is 0 Å². The third kappa shape index (κ3) is 2.39. The molecule has 0 amide bonds. The Morgan fingerprint density at radius 3 is 2.73 bits per heavy atom. The fourth-order valence-electron chi connectivity index (χ4n) is 1.01. The van der Waals surface area contributed by atoms with Crippen molar-refractivity contribution in [1.82, 2.24) is 15.0 Å². The number of nitrogens with two attached hydrogens (primary N) is 1. The van der Waals surface area contributed by atoms with E-state index in [1.807, 2.05) is 12.3 Å². The van der Waals surface area contributed by atoms with Gasteiger partial charge in [0.2, 0.25) is 5.95 Å². The zero-order chi connectivity index (χ0) is 10.8. The van der Waals surface area contributed by atoms with E-state index in [-0.39, 0.29) is 5.95 Å². The van der Waals surface area contributed by atoms with E-state index in [4.69, 9.17) is 17.3 Å². The minimum absolute atomic E-state index is 0.230. The van der Waals surface area contributed by atoms with Crippen LogP contribution in [-0.4, -0.2) is 21.2 Å². The summed E-state index contributed by atoms with van der Waals surface area (Å²) in [5.41, 5.74) is 5.58. The van der Waals surface area contributed by atoms with Gasteiger partial charge in [0.15, 0.2) is 11.0 Å². The van der Waals surface area contributed by atoms with Gasteiger partial charge in [0, 0.05) is 0 Å². The summed E-state index contributed by atoms with van der Waals surface area (Å²) in [4.78, 5) is 13.2. The Morgan fingerprint density at radius 1 is 1.33 bits per heavy atom. The van der Waals surface area contributed by atoms with Crippen molar-refractivity contribution in [2.75, 3.05) is 12.0 Å². The lowest BCUT2D eigenvalue weighted by molar-refractivity contribution is 0.930. The number of halogens is 1. The van der Waals surface area contributed by atoms with Gasteiger partial charge in [-0.3, -0.25) is 0 Å². The minimum atomic E-state index is 0.230. The fraction of sp³-hybridized carbons (Fsp3) is 0.125. The smallest absolute Gasteiger partial charge is 0.224 e. The lowest BCUT2D eigenvalue weighted by Crippen LogP contribution is -2.00. The molecule has 0 radical (unpaired) electrons. The van der Waals surface area contributed by atoms with Crippen molar-refractivity contribution in [3.05, 3.63) is 16.5 Å². The minimum Gasteiger partial charge on any atom is -0.368 e. The highest BCUT2D eigenvalue weighted by Crippen LogP contribution is 2.29. The second-order valence-corrected chi connectivity index (χ2v) is 5.10. The third-order valence-electron chi connectivity index (χ3n) is 1.61. The molecule has 0 saturated heterocycles. The van der Waals surface area contributed by atoms with E-state index >= 15 is 0 Å². The van der Waals surface area contributed by atoms with Crippen molar-refractivity contribution in [1.29, 1.82) is 0 Å². The number of thioether (sulfide) groups is 1. The zero-order valence-electron chi connectivity index (χ0n) is 7.77. The SMILES string of the molecule is CSc1nc(N)nc(-c2ccc(Cl)s2)n1. The molecule has 78 valence electrons. The van der Waals surface area contributed by atoms with Gasteiger partial charge in [0.25, 0.3) is 0 Å². The molecule has 7 heteroatoms. The Balaban J connectivity index is 2.48. The molecule has 0 unspecified atom stereocenters. The largest absolute Gasteiger partial charge is 0.368 e. The summed E-state index contributed by atoms with van der Waals surface area (Å²) in [6, 6.07) is 3.67. The van der Waals surface area contributed by atoms with E-state index in [2.05, 4.69) is 15.0 Å². The zero-order valence-corrected chi connectivity index (χ0v) is 10.2. The molecule has 4 nitrogen and oxygen atoms in total. The summed E-state index contributed by atoms with van der Waals surface area (Å²) in [5.74, 6) is 0.803. The van der Waals surface area contributed by atoms with Crippen molar-refractivity contribution < 1.29 is 0 Å². The molecule has 2 N–H and O–H groups in total. The Bertz CT molecular complexity index is 485. The van der Waals surface area contributed by atoms with E-state index < -0.39 is 0 Å². The van der Waals surface area contributed by atoms with Crippen LogP contribution in [0.25, 0.3) is 10.7 Å². The number of thiophene rings is 1. The van der Waals surface area contributed by atoms with Crippen molar-refractivity contribution >= 4 is 40.6 Å². The average molecular weight is 259 g/mol. The maximum Gasteiger partial charge on any atom is 0.224 e. The van der Waals surface area contributed by atoms with E-state index in [0.29, 0.717) is 15.3 Å². The van der Waals surface area contributed by atoms with Crippen LogP contribution >= 0.6 is 34.7 Å². The van der Waals surface area contributed by atoms with Gasteiger partial charge in [-0.15, -0.1) is 11.3 Å². The molecule has 0 atom stereocenters. The van der Waals surface area contributed by atoms with E-state index in [0.717, 1.165) is 4.88 Å². The van der Waals surface area contributed by atoms with Crippen LogP contribution < -0.4 is 5.73 Å². The molecule has 0 saturated carbocycles. The fourth-order valence-corrected chi connectivity index (χ4v) is 2.35. The normalized spacial score (nSPS) is 10.5. The lowest BCUT2D eigenvalue weighted by Gasteiger charge is -2.00. The molecular formula is C8H7ClN4S2. The molecule has 2 heterocycles. The summed E-state index contributed by atoms with van der Waals surface area (Å²) in [6.45, 7) is 0. The van der Waals surface area contributed by atoms with Gasteiger partial charge >= 0.3 is 0 Å². The standard InChI is InChI=1S/C8H7ClN4S2/c1-14-8-12-6(11-7(10)13-8)4-2-3-5(9)15-4/h2-3H,1H3,(H2,10,11,12,13). The molecule has 2 aromatic rings. The average Bonchev–Trinajstić information content (AvgIpc) is 2.64. The summed E-state index contributed by atoms with van der Waals surface area (Å²) >= 11 is 8.68. The van der Waals surface area contributed by atoms with Crippen LogP contribution in [0.15, 0.2) is 17.3 Å². The van der Waals surface area contributed by atoms with E-state index in [9.17, 15) is 0 Å². The predicted octanol–water partition coefficient (Wildman–Crippen LogP) is 2.56. The molecular weight excluding hydrogens is 252 g/mol. The maximum atomic E-state index is 5.83. The Morgan fingerprint density at radius 2 is 2.13 bits per heavy atom. The number of nitrogens with zero attached hydrogens (tertiary/aromatic N) is 3. The van der Waals surface area contributed by atoms with Crippen molar-refractivity contribution in [2.24, 2.45) is 0 Å². The Kier molecular flexibility index (Phi) is 3.08. The molecule has 2 rings (SSSR count). The number of anilines is 1. The summed E-state index contributed by atoms with van der Waals surface area (Å²) in [6.07, 6.45) is 1.89. The van der Waals surface area contributed by atoms with Gasteiger partial charge in [0.05, 0.1) is 9.21 Å². The number of nitrogen functional groups attached to an aromatic ring is 1. The van der Waals surface area contributed by atoms with Crippen molar-refractivity contribution in [3.8, 4) is 10.7 Å². The quantitative estimate of drug-likeness (QED) is 0.839. The van der Waals surface area contributed by atoms with Crippen LogP contribution in [0.2, 0.25) is 4.34 Å². The highest BCUT2D eigenvalue weighted by atomic mass is 35.5. The summed E-state index contributed by atoms with van der Waals surface area (Å²) in [5, 5.41) is 0.613. The van der Waals surface area contributed by atoms with Gasteiger partial charge < -0.3 is 5.73 Å². The first-order valence-electron chi connectivity index (χ1n) is 4.00. The van der Waals surface area contributed by atoms with Gasteiger partial charge in [-0.05, 0) is 18.4 Å². The highest BCUT2D eigenvalue weighted by Gasteiger charge is 2.08. The first-order valence-corrected chi connectivity index (χ1v) is 6.42. The topological polar surface area (TPSA) is 64.7 Å². The van der Waals surface area contributed by atoms with Crippen molar-refractivity contribution in [3.63, 3.8) is 0 Å². The first kappa shape index (κ1) is 10.7. The number of rotatable bonds is 2. The molecule has 0 fully saturated rings. The molecule has 2 aromatic heterocycles. The molecule has 0 bridgehead atoms. The van der Waals surface area contributed by atoms with E-state index in [1.165, 1.54) is 23.1 Å². The molecule has 0 aliphatic carbocycles. The second kappa shape index (κ2) is 4.34. The highest BCUT2D eigenvalue weighted by molar-refractivity contribution is 7.98. The predicted molar refractivity (Wildman–Crippen MR) is 64.3 cm³/mol. The van der Waals surface area contributed by atoms with Crippen LogP contribution in [0.1, 0.15) is 0 Å². The molecule has 0 aliphatic heterocycles. The molecule has 0 spiro atoms. The van der Waals surface area contributed by atoms with Crippen LogP contribution in [-0.2, 0) is 0 Å². The number of hydrogen-bond acceptors (Lipinski definition) is 6. The van der Waals surface area contributed by atoms with Crippen LogP contribution in [0.3, 0.4) is 0 Å². The lowest BCUT2D eigenvalue weighted by atomic mass is 10.4. The van der Waals surface area contributed by atoms with E-state index in [1.54, 1.807) is 6.07 Å². The summed E-state index contributed by atoms with van der Waals surface area (Å²) in [7, 11) is 0. The van der Waals surface area contributed by atoms with Gasteiger partial charge in [-0.1, -0.05) is 23.4 Å². The Labute approximate surface area is 99.9 Å². The van der Waals surface area contributed by atoms with Crippen LogP contribution in [0.4, 0.5) is 5.95 Å². The van der Waals surface area contributed by atoms with Gasteiger partial charge in [-0.2, -0.15) is 9.97 Å². The van der Waals surface area contributed by atoms with Crippen molar-refractivity contribution in [2.45, 2.75) is 5.16 Å². The molecule has 0 aromatic carbocycles. The van der Waals surface area contributed by atoms with Gasteiger partial charge in [-0.25, -0.2) is 4.98 Å². The Hall–Kier alpha value is -0.850. The monoisotopic (exact) mass is 258 g/mol. The first-order chi connectivity index (χ1) is 7.19. The maximum absolute atomic E-state index is 5.83. The van der Waals surface area contributed by atoms with Crippen LogP contribution in [0, 0.1) is 0 Å². The number of aromatic nitrogens is 3. The number of hydrogen-bond donors (Lipinski definition) is 1. The second-order valence-electron chi connectivity index (χ2n) is 2.61. The summed E-state index contributed by atoms with van der Waals surface area (Å²) < 4.78 is 0.703. The third-order valence-corrected chi connectivity index (χ3v) is 3.38.